The molecule has 0 aliphatic carbocycles. The van der Waals surface area contributed by atoms with E-state index >= 15 is 0 Å². The lowest BCUT2D eigenvalue weighted by Gasteiger charge is -2.08. The maximum atomic E-state index is 6.04. The maximum absolute atomic E-state index is 6.04. The normalized spacial score (nSPS) is 11.4. The van der Waals surface area contributed by atoms with Gasteiger partial charge in [0, 0.05) is 57.7 Å². The van der Waals surface area contributed by atoms with E-state index in [9.17, 15) is 0 Å². The summed E-state index contributed by atoms with van der Waals surface area (Å²) < 4.78 is 0. The Morgan fingerprint density at radius 1 is 0.679 bits per heavy atom. The summed E-state index contributed by atoms with van der Waals surface area (Å²) in [5.74, 6) is 0. The average molecular weight is 409 g/mol. The zero-order valence-corrected chi connectivity index (χ0v) is 16.5. The molecule has 28 heavy (non-hydrogen) atoms. The van der Waals surface area contributed by atoms with Crippen LogP contribution < -0.4 is 10.6 Å². The second-order valence-electron chi connectivity index (χ2n) is 6.27. The number of benzene rings is 2. The van der Waals surface area contributed by atoms with Crippen molar-refractivity contribution in [3.05, 3.63) is 83.1 Å². The van der Waals surface area contributed by atoms with Crippen molar-refractivity contribution in [2.75, 3.05) is 23.7 Å². The average Bonchev–Trinajstić information content (AvgIpc) is 2.70. The molecule has 0 aliphatic rings. The number of halogens is 2. The topological polar surface area (TPSA) is 49.8 Å². The van der Waals surface area contributed by atoms with E-state index < -0.39 is 0 Å². The maximum Gasteiger partial charge on any atom is 0.0737 e. The third-order valence-corrected chi connectivity index (χ3v) is 4.87. The van der Waals surface area contributed by atoms with Crippen LogP contribution in [0.3, 0.4) is 0 Å². The van der Waals surface area contributed by atoms with E-state index in [1.807, 2.05) is 48.5 Å². The first-order valence-corrected chi connectivity index (χ1v) is 9.67. The van der Waals surface area contributed by atoms with Crippen molar-refractivity contribution in [3.8, 4) is 0 Å². The van der Waals surface area contributed by atoms with E-state index in [4.69, 9.17) is 23.2 Å². The summed E-state index contributed by atoms with van der Waals surface area (Å²) in [6, 6.07) is 15.4. The van der Waals surface area contributed by atoms with Crippen LogP contribution >= 0.6 is 23.2 Å². The molecule has 2 N–H and O–H groups in total. The molecule has 4 aromatic rings. The van der Waals surface area contributed by atoms with Crippen LogP contribution in [0.4, 0.5) is 11.4 Å². The number of hydrogen-bond donors (Lipinski definition) is 2. The molecule has 6 heteroatoms. The molecule has 0 saturated carbocycles. The summed E-state index contributed by atoms with van der Waals surface area (Å²) in [6.45, 7) is 1.44. The van der Waals surface area contributed by atoms with E-state index in [1.165, 1.54) is 0 Å². The predicted octanol–water partition coefficient (Wildman–Crippen LogP) is 6.17. The molecule has 2 heterocycles. The van der Waals surface area contributed by atoms with Crippen LogP contribution in [0.15, 0.2) is 73.1 Å². The highest BCUT2D eigenvalue weighted by molar-refractivity contribution is 6.31. The second kappa shape index (κ2) is 8.46. The standard InChI is InChI=1S/C22H18Cl2N4/c23-15-3-5-17-19(7-11-27-21(17)13-15)25-9-1-2-10-26-20-8-12-28-22-14-16(24)4-6-18(20)22/h1-8,11-14H,9-10H2,(H,25,27)(H,26,28). The molecule has 2 aromatic heterocycles. The number of nitrogens with zero attached hydrogens (tertiary/aromatic N) is 2. The monoisotopic (exact) mass is 408 g/mol. The number of hydrogen-bond acceptors (Lipinski definition) is 4. The molecule has 0 unspecified atom stereocenters. The minimum Gasteiger partial charge on any atom is -0.381 e. The molecule has 140 valence electrons. The first kappa shape index (κ1) is 18.5. The quantitative estimate of drug-likeness (QED) is 0.374. The van der Waals surface area contributed by atoms with E-state index in [0.717, 1.165) is 46.3 Å². The Morgan fingerprint density at radius 2 is 1.14 bits per heavy atom. The molecule has 0 aliphatic heterocycles. The van der Waals surface area contributed by atoms with Gasteiger partial charge in [-0.25, -0.2) is 0 Å². The Bertz CT molecular complexity index is 1070. The first-order chi connectivity index (χ1) is 13.7. The molecular weight excluding hydrogens is 391 g/mol. The summed E-state index contributed by atoms with van der Waals surface area (Å²) >= 11 is 12.1. The molecule has 2 aromatic carbocycles. The van der Waals surface area contributed by atoms with Gasteiger partial charge in [-0.05, 0) is 48.5 Å². The van der Waals surface area contributed by atoms with Crippen molar-refractivity contribution in [3.63, 3.8) is 0 Å². The summed E-state index contributed by atoms with van der Waals surface area (Å²) in [5, 5.41) is 10.3. The van der Waals surface area contributed by atoms with E-state index in [0.29, 0.717) is 10.0 Å². The fourth-order valence-corrected chi connectivity index (χ4v) is 3.39. The minimum absolute atomic E-state index is 0.689. The number of nitrogens with one attached hydrogen (secondary N) is 2. The Hall–Kier alpha value is -2.82. The number of fused-ring (bicyclic) bond motifs is 2. The van der Waals surface area contributed by atoms with Gasteiger partial charge in [0.15, 0.2) is 0 Å². The lowest BCUT2D eigenvalue weighted by Crippen LogP contribution is -2.02. The summed E-state index contributed by atoms with van der Waals surface area (Å²) in [7, 11) is 0. The Morgan fingerprint density at radius 3 is 1.61 bits per heavy atom. The van der Waals surface area contributed by atoms with E-state index in [2.05, 4.69) is 32.8 Å². The highest BCUT2D eigenvalue weighted by Gasteiger charge is 2.02. The van der Waals surface area contributed by atoms with E-state index in [-0.39, 0.29) is 0 Å². The number of pyridine rings is 2. The molecule has 0 spiro atoms. The molecule has 0 amide bonds. The summed E-state index contributed by atoms with van der Waals surface area (Å²) in [6.07, 6.45) is 7.75. The third kappa shape index (κ3) is 4.19. The highest BCUT2D eigenvalue weighted by atomic mass is 35.5. The van der Waals surface area contributed by atoms with E-state index in [1.54, 1.807) is 12.4 Å². The smallest absolute Gasteiger partial charge is 0.0737 e. The Balaban J connectivity index is 1.36. The third-order valence-electron chi connectivity index (χ3n) is 4.40. The lowest BCUT2D eigenvalue weighted by molar-refractivity contribution is 1.27. The van der Waals surface area contributed by atoms with Gasteiger partial charge in [-0.1, -0.05) is 35.4 Å². The van der Waals surface area contributed by atoms with Crippen LogP contribution in [0.5, 0.6) is 0 Å². The van der Waals surface area contributed by atoms with Gasteiger partial charge in [0.25, 0.3) is 0 Å². The minimum atomic E-state index is 0.689. The number of rotatable bonds is 6. The summed E-state index contributed by atoms with van der Waals surface area (Å²) in [5.41, 5.74) is 3.84. The van der Waals surface area contributed by atoms with Gasteiger partial charge in [-0.15, -0.1) is 0 Å². The SMILES string of the molecule is Clc1ccc2c(NCC=CCNc3ccnc4cc(Cl)ccc34)ccnc2c1. The van der Waals surface area contributed by atoms with Crippen LogP contribution in [0.1, 0.15) is 0 Å². The Labute approximate surface area is 173 Å². The van der Waals surface area contributed by atoms with Gasteiger partial charge in [0.1, 0.15) is 0 Å². The fraction of sp³-hybridized carbons (Fsp3) is 0.0909. The van der Waals surface area contributed by atoms with Crippen molar-refractivity contribution in [1.29, 1.82) is 0 Å². The molecule has 4 rings (SSSR count). The molecule has 0 saturated heterocycles. The number of anilines is 2. The zero-order valence-electron chi connectivity index (χ0n) is 15.0. The summed E-state index contributed by atoms with van der Waals surface area (Å²) in [4.78, 5) is 8.72. The van der Waals surface area contributed by atoms with Gasteiger partial charge in [0.05, 0.1) is 11.0 Å². The van der Waals surface area contributed by atoms with Crippen LogP contribution in [0.25, 0.3) is 21.8 Å². The van der Waals surface area contributed by atoms with Crippen LogP contribution in [-0.4, -0.2) is 23.1 Å². The van der Waals surface area contributed by atoms with Gasteiger partial charge < -0.3 is 10.6 Å². The van der Waals surface area contributed by atoms with Crippen molar-refractivity contribution < 1.29 is 0 Å². The van der Waals surface area contributed by atoms with Crippen molar-refractivity contribution in [1.82, 2.24) is 9.97 Å². The fourth-order valence-electron chi connectivity index (χ4n) is 3.06. The second-order valence-corrected chi connectivity index (χ2v) is 7.15. The molecule has 4 nitrogen and oxygen atoms in total. The molecule has 0 bridgehead atoms. The lowest BCUT2D eigenvalue weighted by atomic mass is 10.2. The molecule has 0 radical (unpaired) electrons. The largest absolute Gasteiger partial charge is 0.381 e. The van der Waals surface area contributed by atoms with Gasteiger partial charge in [0.2, 0.25) is 0 Å². The van der Waals surface area contributed by atoms with Crippen LogP contribution in [0, 0.1) is 0 Å². The van der Waals surface area contributed by atoms with Gasteiger partial charge in [-0.3, -0.25) is 9.97 Å². The predicted molar refractivity (Wildman–Crippen MR) is 120 cm³/mol. The number of aromatic nitrogens is 2. The first-order valence-electron chi connectivity index (χ1n) is 8.92. The molecule has 0 atom stereocenters. The molecular formula is C22H18Cl2N4. The highest BCUT2D eigenvalue weighted by Crippen LogP contribution is 2.25. The van der Waals surface area contributed by atoms with Crippen molar-refractivity contribution in [2.45, 2.75) is 0 Å². The zero-order chi connectivity index (χ0) is 19.3. The van der Waals surface area contributed by atoms with Crippen LogP contribution in [0.2, 0.25) is 10.0 Å². The Kier molecular flexibility index (Phi) is 5.60. The van der Waals surface area contributed by atoms with Crippen LogP contribution in [-0.2, 0) is 0 Å². The van der Waals surface area contributed by atoms with Gasteiger partial charge in [-0.2, -0.15) is 0 Å². The molecule has 0 fully saturated rings. The van der Waals surface area contributed by atoms with Crippen molar-refractivity contribution >= 4 is 56.4 Å². The van der Waals surface area contributed by atoms with Crippen molar-refractivity contribution in [2.24, 2.45) is 0 Å². The van der Waals surface area contributed by atoms with Gasteiger partial charge >= 0.3 is 0 Å².